The van der Waals surface area contributed by atoms with E-state index in [1.54, 1.807) is 29.5 Å². The molecule has 0 saturated heterocycles. The van der Waals surface area contributed by atoms with E-state index in [1.807, 2.05) is 37.4 Å². The minimum atomic E-state index is -0.298. The van der Waals surface area contributed by atoms with Gasteiger partial charge in [0.05, 0.1) is 19.9 Å². The smallest absolute Gasteiger partial charge is 0.263 e. The highest BCUT2D eigenvalue weighted by Crippen LogP contribution is 2.30. The molecule has 7 heteroatoms. The number of imidazole rings is 1. The van der Waals surface area contributed by atoms with E-state index in [0.29, 0.717) is 22.7 Å². The summed E-state index contributed by atoms with van der Waals surface area (Å²) in [4.78, 5) is 18.5. The largest absolute Gasteiger partial charge is 0.496 e. The second kappa shape index (κ2) is 7.36. The number of fused-ring (bicyclic) bond motifs is 1. The van der Waals surface area contributed by atoms with Gasteiger partial charge in [0.25, 0.3) is 5.91 Å². The Morgan fingerprint density at radius 1 is 1.11 bits per heavy atom. The third-order valence-electron chi connectivity index (χ3n) is 4.46. The summed E-state index contributed by atoms with van der Waals surface area (Å²) in [6, 6.07) is 12.9. The number of carbonyl (C=O) groups is 1. The molecule has 4 aromatic rings. The topological polar surface area (TPSA) is 64.9 Å². The summed E-state index contributed by atoms with van der Waals surface area (Å²) < 4.78 is 12.7. The van der Waals surface area contributed by atoms with Gasteiger partial charge in [-0.15, -0.1) is 11.3 Å². The summed E-state index contributed by atoms with van der Waals surface area (Å²) in [6.45, 7) is 2.05. The Kier molecular flexibility index (Phi) is 4.75. The molecule has 1 N–H and O–H groups in total. The number of ether oxygens (including phenoxy) is 2. The third-order valence-corrected chi connectivity index (χ3v) is 5.42. The first-order valence-corrected chi connectivity index (χ1v) is 9.54. The molecule has 142 valence electrons. The van der Waals surface area contributed by atoms with Crippen molar-refractivity contribution in [3.05, 3.63) is 65.3 Å². The number of hydrogen-bond acceptors (Lipinski definition) is 5. The summed E-state index contributed by atoms with van der Waals surface area (Å²) in [5, 5.41) is 5.00. The van der Waals surface area contributed by atoms with Crippen LogP contribution >= 0.6 is 11.3 Å². The van der Waals surface area contributed by atoms with E-state index in [1.165, 1.54) is 14.2 Å². The number of nitrogens with zero attached hydrogens (tertiary/aromatic N) is 2. The second-order valence-corrected chi connectivity index (χ2v) is 7.06. The number of thiazole rings is 1. The molecule has 0 spiro atoms. The molecule has 0 fully saturated rings. The van der Waals surface area contributed by atoms with Crippen LogP contribution in [0.1, 0.15) is 16.1 Å². The highest BCUT2D eigenvalue weighted by molar-refractivity contribution is 7.15. The molecule has 1 amide bonds. The number of aromatic nitrogens is 2. The summed E-state index contributed by atoms with van der Waals surface area (Å²) in [7, 11) is 3.05. The van der Waals surface area contributed by atoms with Gasteiger partial charge in [0.15, 0.2) is 4.96 Å². The van der Waals surface area contributed by atoms with Crippen molar-refractivity contribution >= 4 is 27.9 Å². The van der Waals surface area contributed by atoms with Crippen molar-refractivity contribution in [3.8, 4) is 22.8 Å². The standard InChI is InChI=1S/C21H19N3O3S/c1-13-12-28-21-23-16(11-24(13)21)14-6-4-7-15(10-14)22-20(25)19-17(26-2)8-5-9-18(19)27-3/h4-12H,1-3H3,(H,22,25). The Morgan fingerprint density at radius 3 is 2.50 bits per heavy atom. The maximum Gasteiger partial charge on any atom is 0.263 e. The average molecular weight is 393 g/mol. The molecule has 2 aromatic heterocycles. The van der Waals surface area contributed by atoms with Crippen LogP contribution in [0.5, 0.6) is 11.5 Å². The maximum atomic E-state index is 12.9. The number of methoxy groups -OCH3 is 2. The predicted molar refractivity (Wildman–Crippen MR) is 111 cm³/mol. The van der Waals surface area contributed by atoms with Crippen molar-refractivity contribution in [2.75, 3.05) is 19.5 Å². The van der Waals surface area contributed by atoms with Crippen molar-refractivity contribution in [2.24, 2.45) is 0 Å². The molecular formula is C21H19N3O3S. The third kappa shape index (κ3) is 3.20. The molecule has 0 saturated carbocycles. The first-order valence-electron chi connectivity index (χ1n) is 8.66. The van der Waals surface area contributed by atoms with Crippen LogP contribution in [0.2, 0.25) is 0 Å². The van der Waals surface area contributed by atoms with Gasteiger partial charge in [0.2, 0.25) is 0 Å². The van der Waals surface area contributed by atoms with Crippen molar-refractivity contribution in [1.82, 2.24) is 9.38 Å². The highest BCUT2D eigenvalue weighted by Gasteiger charge is 2.18. The Labute approximate surface area is 166 Å². The number of carbonyl (C=O) groups excluding carboxylic acids is 1. The lowest BCUT2D eigenvalue weighted by molar-refractivity contribution is 0.102. The Balaban J connectivity index is 1.64. The molecule has 0 aliphatic heterocycles. The van der Waals surface area contributed by atoms with E-state index in [0.717, 1.165) is 21.9 Å². The van der Waals surface area contributed by atoms with Gasteiger partial charge >= 0.3 is 0 Å². The number of nitrogens with one attached hydrogen (secondary N) is 1. The number of aryl methyl sites for hydroxylation is 1. The predicted octanol–water partition coefficient (Wildman–Crippen LogP) is 4.64. The van der Waals surface area contributed by atoms with Crippen LogP contribution in [0.25, 0.3) is 16.2 Å². The second-order valence-electron chi connectivity index (χ2n) is 6.23. The van der Waals surface area contributed by atoms with E-state index in [9.17, 15) is 4.79 Å². The van der Waals surface area contributed by atoms with Crippen LogP contribution in [0.3, 0.4) is 0 Å². The Bertz CT molecular complexity index is 1140. The van der Waals surface area contributed by atoms with E-state index >= 15 is 0 Å². The van der Waals surface area contributed by atoms with Crippen molar-refractivity contribution < 1.29 is 14.3 Å². The van der Waals surface area contributed by atoms with Gasteiger partial charge in [0, 0.05) is 28.5 Å². The summed E-state index contributed by atoms with van der Waals surface area (Å²) in [5.41, 5.74) is 3.96. The Morgan fingerprint density at radius 2 is 1.82 bits per heavy atom. The number of benzene rings is 2. The molecule has 0 bridgehead atoms. The van der Waals surface area contributed by atoms with Gasteiger partial charge in [-0.05, 0) is 31.2 Å². The number of rotatable bonds is 5. The van der Waals surface area contributed by atoms with Gasteiger partial charge in [-0.25, -0.2) is 4.98 Å². The fourth-order valence-electron chi connectivity index (χ4n) is 3.06. The van der Waals surface area contributed by atoms with Crippen LogP contribution < -0.4 is 14.8 Å². The van der Waals surface area contributed by atoms with E-state index in [4.69, 9.17) is 9.47 Å². The van der Waals surface area contributed by atoms with Gasteiger partial charge < -0.3 is 14.8 Å². The number of hydrogen-bond donors (Lipinski definition) is 1. The van der Waals surface area contributed by atoms with E-state index in [2.05, 4.69) is 20.1 Å². The molecule has 0 aliphatic carbocycles. The number of amides is 1. The van der Waals surface area contributed by atoms with Gasteiger partial charge in [-0.2, -0.15) is 0 Å². The van der Waals surface area contributed by atoms with E-state index < -0.39 is 0 Å². The zero-order valence-corrected chi connectivity index (χ0v) is 16.5. The van der Waals surface area contributed by atoms with Crippen LogP contribution in [-0.4, -0.2) is 29.5 Å². The first kappa shape index (κ1) is 18.1. The normalized spacial score (nSPS) is 10.8. The molecule has 28 heavy (non-hydrogen) atoms. The van der Waals surface area contributed by atoms with Crippen molar-refractivity contribution in [3.63, 3.8) is 0 Å². The summed E-state index contributed by atoms with van der Waals surface area (Å²) in [5.74, 6) is 0.615. The lowest BCUT2D eigenvalue weighted by atomic mass is 10.1. The van der Waals surface area contributed by atoms with Crippen LogP contribution in [0.15, 0.2) is 54.0 Å². The summed E-state index contributed by atoms with van der Waals surface area (Å²) in [6.07, 6.45) is 2.01. The van der Waals surface area contributed by atoms with Gasteiger partial charge in [-0.1, -0.05) is 18.2 Å². The van der Waals surface area contributed by atoms with Crippen LogP contribution in [0.4, 0.5) is 5.69 Å². The lowest BCUT2D eigenvalue weighted by Gasteiger charge is -2.13. The van der Waals surface area contributed by atoms with Gasteiger partial charge in [0.1, 0.15) is 17.1 Å². The zero-order chi connectivity index (χ0) is 19.7. The van der Waals surface area contributed by atoms with Crippen molar-refractivity contribution in [1.29, 1.82) is 0 Å². The molecule has 0 radical (unpaired) electrons. The fourth-order valence-corrected chi connectivity index (χ4v) is 3.91. The molecule has 2 heterocycles. The van der Waals surface area contributed by atoms with Crippen LogP contribution in [-0.2, 0) is 0 Å². The molecule has 4 rings (SSSR count). The van der Waals surface area contributed by atoms with E-state index in [-0.39, 0.29) is 5.91 Å². The minimum Gasteiger partial charge on any atom is -0.496 e. The molecule has 0 aliphatic rings. The quantitative estimate of drug-likeness (QED) is 0.536. The Hall–Kier alpha value is -3.32. The maximum absolute atomic E-state index is 12.9. The minimum absolute atomic E-state index is 0.298. The first-order chi connectivity index (χ1) is 13.6. The molecule has 6 nitrogen and oxygen atoms in total. The fraction of sp³-hybridized carbons (Fsp3) is 0.143. The van der Waals surface area contributed by atoms with Gasteiger partial charge in [-0.3, -0.25) is 9.20 Å². The SMILES string of the molecule is COc1cccc(OC)c1C(=O)Nc1cccc(-c2cn3c(C)csc3n2)c1. The molecular weight excluding hydrogens is 374 g/mol. The molecule has 0 unspecified atom stereocenters. The monoisotopic (exact) mass is 393 g/mol. The molecule has 2 aromatic carbocycles. The van der Waals surface area contributed by atoms with Crippen molar-refractivity contribution in [2.45, 2.75) is 6.92 Å². The highest BCUT2D eigenvalue weighted by atomic mass is 32.1. The zero-order valence-electron chi connectivity index (χ0n) is 15.7. The molecule has 0 atom stereocenters. The number of anilines is 1. The average Bonchev–Trinajstić information content (AvgIpc) is 3.29. The lowest BCUT2D eigenvalue weighted by Crippen LogP contribution is -2.14. The van der Waals surface area contributed by atoms with Crippen LogP contribution in [0, 0.1) is 6.92 Å². The summed E-state index contributed by atoms with van der Waals surface area (Å²) >= 11 is 1.60.